The lowest BCUT2D eigenvalue weighted by molar-refractivity contribution is -0.349. The van der Waals surface area contributed by atoms with Crippen LogP contribution in [0.15, 0.2) is 49.3 Å². The lowest BCUT2D eigenvalue weighted by Crippen LogP contribution is -2.49. The molecule has 0 radical (unpaired) electrons. The molecule has 5 heterocycles. The maximum atomic E-state index is 14.6. The molecule has 0 unspecified atom stereocenters. The Morgan fingerprint density at radius 1 is 1.09 bits per heavy atom. The monoisotopic (exact) mass is 677 g/mol. The van der Waals surface area contributed by atoms with Crippen LogP contribution in [0.1, 0.15) is 30.9 Å². The Hall–Kier alpha value is -4.05. The first-order valence-corrected chi connectivity index (χ1v) is 17.4. The van der Waals surface area contributed by atoms with Gasteiger partial charge in [0.2, 0.25) is 11.9 Å². The highest BCUT2D eigenvalue weighted by atomic mass is 32.2. The molecular formula is C31H35F4N7O4S. The number of halogens is 4. The summed E-state index contributed by atoms with van der Waals surface area (Å²) in [5, 5.41) is 4.88. The summed E-state index contributed by atoms with van der Waals surface area (Å²) in [5.74, 6) is 0.948. The van der Waals surface area contributed by atoms with Gasteiger partial charge in [0.25, 0.3) is 0 Å². The molecule has 0 saturated carbocycles. The first-order chi connectivity index (χ1) is 22.3. The van der Waals surface area contributed by atoms with Crippen molar-refractivity contribution in [1.29, 1.82) is 0 Å². The number of likely N-dealkylation sites (tertiary alicyclic amines) is 1. The van der Waals surface area contributed by atoms with Crippen molar-refractivity contribution in [3.63, 3.8) is 0 Å². The molecule has 0 aliphatic carbocycles. The number of amides is 1. The van der Waals surface area contributed by atoms with Crippen LogP contribution in [0, 0.1) is 5.92 Å². The van der Waals surface area contributed by atoms with Crippen molar-refractivity contribution in [3.05, 3.63) is 54.9 Å². The molecule has 6 rings (SSSR count). The standard InChI is InChI=1S/C31H35F4N7O4S/c1-3-29(43)42-11-4-5-25(42)20-6-7-24(41-15-19(16-41)18-47(2,44)45)22-14-37-28(13-21(20)22)38-27-8-10-36-30(39-27)40-12-9-26(23(32)17-40)46-31(33,34)35/h3,6-8,10,13-14,19,23,25-26H,1,4-5,9,11-12,15-18H2,2H3,(H,36,37,38,39)/t23-,25-,26+/m0/s1. The van der Waals surface area contributed by atoms with Gasteiger partial charge in [0, 0.05) is 61.8 Å². The van der Waals surface area contributed by atoms with E-state index in [1.54, 1.807) is 17.2 Å². The van der Waals surface area contributed by atoms with E-state index in [-0.39, 0.29) is 49.1 Å². The lowest BCUT2D eigenvalue weighted by atomic mass is 9.94. The molecule has 252 valence electrons. The maximum absolute atomic E-state index is 14.6. The summed E-state index contributed by atoms with van der Waals surface area (Å²) in [7, 11) is -3.10. The van der Waals surface area contributed by atoms with Crippen LogP contribution in [0.3, 0.4) is 0 Å². The highest BCUT2D eigenvalue weighted by molar-refractivity contribution is 7.90. The van der Waals surface area contributed by atoms with Crippen LogP contribution < -0.4 is 15.1 Å². The molecule has 3 saturated heterocycles. The number of aromatic nitrogens is 3. The second kappa shape index (κ2) is 12.9. The lowest BCUT2D eigenvalue weighted by Gasteiger charge is -2.41. The van der Waals surface area contributed by atoms with E-state index in [0.717, 1.165) is 34.9 Å². The maximum Gasteiger partial charge on any atom is 0.522 e. The van der Waals surface area contributed by atoms with Gasteiger partial charge in [-0.1, -0.05) is 12.6 Å². The molecule has 2 aromatic heterocycles. The summed E-state index contributed by atoms with van der Waals surface area (Å²) in [6, 6.07) is 7.30. The Bertz CT molecular complexity index is 1770. The molecule has 3 aromatic rings. The molecule has 1 aromatic carbocycles. The molecule has 1 N–H and O–H groups in total. The van der Waals surface area contributed by atoms with E-state index >= 15 is 0 Å². The fraction of sp³-hybridized carbons (Fsp3) is 0.484. The Labute approximate surface area is 269 Å². The highest BCUT2D eigenvalue weighted by Gasteiger charge is 2.40. The first-order valence-electron chi connectivity index (χ1n) is 15.3. The fourth-order valence-electron chi connectivity index (χ4n) is 6.72. The minimum Gasteiger partial charge on any atom is -0.370 e. The van der Waals surface area contributed by atoms with Crippen molar-refractivity contribution in [1.82, 2.24) is 19.9 Å². The van der Waals surface area contributed by atoms with E-state index in [2.05, 4.69) is 36.5 Å². The Balaban J connectivity index is 1.27. The van der Waals surface area contributed by atoms with Gasteiger partial charge >= 0.3 is 6.36 Å². The van der Waals surface area contributed by atoms with Crippen LogP contribution in [0.25, 0.3) is 10.8 Å². The quantitative estimate of drug-likeness (QED) is 0.255. The summed E-state index contributed by atoms with van der Waals surface area (Å²) in [6.45, 7) is 5.18. The number of carbonyl (C=O) groups excluding carboxylic acids is 1. The predicted octanol–water partition coefficient (Wildman–Crippen LogP) is 4.55. The van der Waals surface area contributed by atoms with E-state index in [1.165, 1.54) is 23.4 Å². The fourth-order valence-corrected chi connectivity index (χ4v) is 7.79. The molecule has 1 amide bonds. The van der Waals surface area contributed by atoms with Crippen molar-refractivity contribution >= 4 is 49.8 Å². The number of anilines is 4. The molecule has 0 spiro atoms. The SMILES string of the molecule is C=CC(=O)N1CCC[C@H]1c1ccc(N2CC(CS(C)(=O)=O)C2)c2cnc(Nc3ccnc(N4CC[C@@H](OC(F)(F)F)[C@@H](F)C4)n3)cc12. The Morgan fingerprint density at radius 2 is 1.87 bits per heavy atom. The smallest absolute Gasteiger partial charge is 0.370 e. The summed E-state index contributed by atoms with van der Waals surface area (Å²) >= 11 is 0. The van der Waals surface area contributed by atoms with Crippen molar-refractivity contribution < 1.29 is 35.5 Å². The number of fused-ring (bicyclic) bond motifs is 1. The van der Waals surface area contributed by atoms with Gasteiger partial charge in [0.15, 0.2) is 0 Å². The van der Waals surface area contributed by atoms with Crippen LogP contribution in [0.2, 0.25) is 0 Å². The normalized spacial score (nSPS) is 22.4. The number of nitrogens with one attached hydrogen (secondary N) is 1. The summed E-state index contributed by atoms with van der Waals surface area (Å²) in [4.78, 5) is 31.4. The van der Waals surface area contributed by atoms with Gasteiger partial charge in [-0.25, -0.2) is 22.8 Å². The number of carbonyl (C=O) groups is 1. The molecule has 0 bridgehead atoms. The molecule has 16 heteroatoms. The third-order valence-electron chi connectivity index (χ3n) is 8.77. The van der Waals surface area contributed by atoms with Crippen LogP contribution in [0.4, 0.5) is 40.8 Å². The van der Waals surface area contributed by atoms with Gasteiger partial charge in [-0.2, -0.15) is 4.98 Å². The summed E-state index contributed by atoms with van der Waals surface area (Å²) in [5.41, 5.74) is 1.85. The Morgan fingerprint density at radius 3 is 2.57 bits per heavy atom. The molecule has 3 aliphatic rings. The van der Waals surface area contributed by atoms with Gasteiger partial charge in [-0.15, -0.1) is 13.2 Å². The number of piperidine rings is 1. The third-order valence-corrected chi connectivity index (χ3v) is 9.84. The van der Waals surface area contributed by atoms with Gasteiger partial charge in [-0.3, -0.25) is 9.53 Å². The summed E-state index contributed by atoms with van der Waals surface area (Å²) < 4.78 is 80.1. The zero-order valence-corrected chi connectivity index (χ0v) is 26.5. The molecule has 3 fully saturated rings. The Kier molecular flexibility index (Phi) is 9.00. The van der Waals surface area contributed by atoms with Gasteiger partial charge < -0.3 is 20.0 Å². The number of benzene rings is 1. The number of nitrogens with zero attached hydrogens (tertiary/aromatic N) is 6. The van der Waals surface area contributed by atoms with E-state index in [0.29, 0.717) is 31.3 Å². The minimum atomic E-state index is -4.92. The number of sulfone groups is 1. The number of alkyl halides is 4. The van der Waals surface area contributed by atoms with Crippen molar-refractivity contribution in [3.8, 4) is 0 Å². The molecule has 47 heavy (non-hydrogen) atoms. The second-order valence-electron chi connectivity index (χ2n) is 12.3. The second-order valence-corrected chi connectivity index (χ2v) is 14.5. The third kappa shape index (κ3) is 7.43. The van der Waals surface area contributed by atoms with Crippen molar-refractivity contribution in [2.75, 3.05) is 59.8 Å². The molecule has 3 atom stereocenters. The topological polar surface area (TPSA) is 121 Å². The number of hydrogen-bond donors (Lipinski definition) is 1. The van der Waals surface area contributed by atoms with Crippen LogP contribution in [-0.2, 0) is 19.4 Å². The van der Waals surface area contributed by atoms with Crippen molar-refractivity contribution in [2.45, 2.75) is 43.9 Å². The molecule has 11 nitrogen and oxygen atoms in total. The van der Waals surface area contributed by atoms with Gasteiger partial charge in [0.1, 0.15) is 33.7 Å². The molecule has 3 aliphatic heterocycles. The number of pyridine rings is 1. The van der Waals surface area contributed by atoms with E-state index in [1.807, 2.05) is 18.2 Å². The van der Waals surface area contributed by atoms with Crippen LogP contribution in [0.5, 0.6) is 0 Å². The average molecular weight is 678 g/mol. The highest BCUT2D eigenvalue weighted by Crippen LogP contribution is 2.41. The van der Waals surface area contributed by atoms with E-state index in [4.69, 9.17) is 0 Å². The van der Waals surface area contributed by atoms with Crippen molar-refractivity contribution in [2.24, 2.45) is 5.92 Å². The zero-order valence-electron chi connectivity index (χ0n) is 25.7. The van der Waals surface area contributed by atoms with Crippen LogP contribution >= 0.6 is 0 Å². The van der Waals surface area contributed by atoms with Crippen LogP contribution in [-0.4, -0.2) is 97.5 Å². The van der Waals surface area contributed by atoms with E-state index < -0.39 is 28.5 Å². The number of rotatable bonds is 9. The predicted molar refractivity (Wildman–Crippen MR) is 169 cm³/mol. The van der Waals surface area contributed by atoms with Gasteiger partial charge in [0.05, 0.1) is 18.3 Å². The zero-order chi connectivity index (χ0) is 33.5. The number of hydrogen-bond acceptors (Lipinski definition) is 10. The number of ether oxygens (including phenoxy) is 1. The van der Waals surface area contributed by atoms with Gasteiger partial charge in [-0.05, 0) is 54.5 Å². The first kappa shape index (κ1) is 32.9. The molecular weight excluding hydrogens is 642 g/mol. The average Bonchev–Trinajstić information content (AvgIpc) is 3.48. The minimum absolute atomic E-state index is 0.0340. The summed E-state index contributed by atoms with van der Waals surface area (Å²) in [6.07, 6.45) is -1.20. The van der Waals surface area contributed by atoms with E-state index in [9.17, 15) is 30.8 Å². The largest absolute Gasteiger partial charge is 0.522 e.